The Labute approximate surface area is 197 Å². The van der Waals surface area contributed by atoms with E-state index in [9.17, 15) is 24.4 Å². The molecular formula is C28H14N2O5. The number of nitrogens with zero attached hydrogens (tertiary/aromatic N) is 2. The molecule has 2 heterocycles. The summed E-state index contributed by atoms with van der Waals surface area (Å²) in [7, 11) is 0. The van der Waals surface area contributed by atoms with Gasteiger partial charge in [0.05, 0.1) is 16.8 Å². The summed E-state index contributed by atoms with van der Waals surface area (Å²) in [5, 5.41) is 14.1. The van der Waals surface area contributed by atoms with Gasteiger partial charge in [-0.3, -0.25) is 24.4 Å². The van der Waals surface area contributed by atoms with E-state index >= 15 is 0 Å². The standard InChI is InChI=1S/C28H14N2O5/c31-25-17-8-10-19-24-20(28(34)30(35)27(19)33)11-9-18(23(17)24)26(32)29(25)22-7-3-6-16-12-14-4-1-2-5-15(14)13-21(16)22/h1-13,35H. The van der Waals surface area contributed by atoms with E-state index < -0.39 is 23.6 Å². The lowest BCUT2D eigenvalue weighted by molar-refractivity contribution is -0.0377. The van der Waals surface area contributed by atoms with Crippen LogP contribution in [0.1, 0.15) is 41.4 Å². The molecule has 0 saturated heterocycles. The van der Waals surface area contributed by atoms with Crippen molar-refractivity contribution in [3.05, 3.63) is 101 Å². The molecule has 7 heteroatoms. The van der Waals surface area contributed by atoms with Gasteiger partial charge < -0.3 is 0 Å². The Balaban J connectivity index is 1.50. The van der Waals surface area contributed by atoms with Gasteiger partial charge in [-0.1, -0.05) is 36.4 Å². The lowest BCUT2D eigenvalue weighted by Crippen LogP contribution is -2.42. The Bertz CT molecular complexity index is 1790. The van der Waals surface area contributed by atoms with Gasteiger partial charge in [0.25, 0.3) is 23.6 Å². The molecule has 2 aliphatic rings. The molecule has 5 aromatic rings. The van der Waals surface area contributed by atoms with E-state index in [4.69, 9.17) is 0 Å². The molecule has 0 aromatic heterocycles. The number of carbonyl (C=O) groups is 4. The predicted molar refractivity (Wildman–Crippen MR) is 129 cm³/mol. The maximum atomic E-state index is 13.8. The quantitative estimate of drug-likeness (QED) is 0.218. The van der Waals surface area contributed by atoms with Gasteiger partial charge in [-0.25, -0.2) is 4.90 Å². The van der Waals surface area contributed by atoms with Gasteiger partial charge in [0, 0.05) is 27.3 Å². The van der Waals surface area contributed by atoms with Crippen LogP contribution in [0.4, 0.5) is 5.69 Å². The van der Waals surface area contributed by atoms with Gasteiger partial charge >= 0.3 is 0 Å². The molecular weight excluding hydrogens is 444 g/mol. The summed E-state index contributed by atoms with van der Waals surface area (Å²) >= 11 is 0. The van der Waals surface area contributed by atoms with E-state index in [1.54, 1.807) is 12.1 Å². The third-order valence-corrected chi connectivity index (χ3v) is 6.84. The Morgan fingerprint density at radius 2 is 1.00 bits per heavy atom. The van der Waals surface area contributed by atoms with Gasteiger partial charge in [-0.05, 0) is 58.6 Å². The zero-order chi connectivity index (χ0) is 24.0. The van der Waals surface area contributed by atoms with Crippen molar-refractivity contribution < 1.29 is 24.4 Å². The highest BCUT2D eigenvalue weighted by molar-refractivity contribution is 6.40. The lowest BCUT2D eigenvalue weighted by Gasteiger charge is -2.30. The summed E-state index contributed by atoms with van der Waals surface area (Å²) < 4.78 is 0. The van der Waals surface area contributed by atoms with Crippen LogP contribution in [0, 0.1) is 0 Å². The summed E-state index contributed by atoms with van der Waals surface area (Å²) in [6, 6.07) is 23.1. The molecule has 1 N–H and O–H groups in total. The number of rotatable bonds is 1. The first kappa shape index (κ1) is 19.6. The van der Waals surface area contributed by atoms with Gasteiger partial charge in [0.15, 0.2) is 0 Å². The molecule has 5 aromatic carbocycles. The van der Waals surface area contributed by atoms with Crippen LogP contribution < -0.4 is 4.90 Å². The zero-order valence-corrected chi connectivity index (χ0v) is 18.0. The van der Waals surface area contributed by atoms with Crippen LogP contribution in [-0.2, 0) is 0 Å². The molecule has 0 spiro atoms. The number of amides is 4. The molecule has 4 amide bonds. The SMILES string of the molecule is O=C1c2ccc3c4c(ccc(c24)C(=O)N1O)C(=O)N(c1cccc2cc4ccccc4cc12)C3=O. The molecule has 0 aliphatic carbocycles. The molecule has 0 saturated carbocycles. The van der Waals surface area contributed by atoms with Crippen LogP contribution in [0.25, 0.3) is 32.3 Å². The van der Waals surface area contributed by atoms with Crippen molar-refractivity contribution in [2.45, 2.75) is 0 Å². The minimum atomic E-state index is -0.894. The van der Waals surface area contributed by atoms with E-state index in [1.807, 2.05) is 42.5 Å². The highest BCUT2D eigenvalue weighted by Crippen LogP contribution is 2.40. The Morgan fingerprint density at radius 1 is 0.514 bits per heavy atom. The molecule has 2 aliphatic heterocycles. The summed E-state index contributed by atoms with van der Waals surface area (Å²) in [4.78, 5) is 53.7. The number of imide groups is 2. The Kier molecular flexibility index (Phi) is 3.68. The molecule has 0 bridgehead atoms. The molecule has 35 heavy (non-hydrogen) atoms. The third-order valence-electron chi connectivity index (χ3n) is 6.84. The summed E-state index contributed by atoms with van der Waals surface area (Å²) in [5.41, 5.74) is 1.01. The Morgan fingerprint density at radius 3 is 1.57 bits per heavy atom. The fourth-order valence-corrected chi connectivity index (χ4v) is 5.23. The second-order valence-electron chi connectivity index (χ2n) is 8.64. The number of anilines is 1. The van der Waals surface area contributed by atoms with Crippen molar-refractivity contribution in [2.75, 3.05) is 4.90 Å². The third kappa shape index (κ3) is 2.42. The first-order valence-corrected chi connectivity index (χ1v) is 10.9. The van der Waals surface area contributed by atoms with Crippen molar-refractivity contribution in [1.82, 2.24) is 5.06 Å². The molecule has 0 radical (unpaired) electrons. The molecule has 7 rings (SSSR count). The summed E-state index contributed by atoms with van der Waals surface area (Å²) in [6.07, 6.45) is 0. The Hall–Kier alpha value is -4.88. The fourth-order valence-electron chi connectivity index (χ4n) is 5.23. The average Bonchev–Trinajstić information content (AvgIpc) is 2.88. The smallest absolute Gasteiger partial charge is 0.278 e. The van der Waals surface area contributed by atoms with Crippen LogP contribution in [0.3, 0.4) is 0 Å². The van der Waals surface area contributed by atoms with Crippen molar-refractivity contribution in [1.29, 1.82) is 0 Å². The number of fused-ring (bicyclic) bond motifs is 2. The van der Waals surface area contributed by atoms with Gasteiger partial charge in [0.1, 0.15) is 0 Å². The average molecular weight is 458 g/mol. The monoisotopic (exact) mass is 458 g/mol. The van der Waals surface area contributed by atoms with E-state index in [2.05, 4.69) is 0 Å². The van der Waals surface area contributed by atoms with Crippen LogP contribution in [0.15, 0.2) is 78.9 Å². The molecule has 0 unspecified atom stereocenters. The van der Waals surface area contributed by atoms with Gasteiger partial charge in [-0.2, -0.15) is 0 Å². The van der Waals surface area contributed by atoms with Crippen LogP contribution in [-0.4, -0.2) is 33.9 Å². The van der Waals surface area contributed by atoms with E-state index in [0.29, 0.717) is 5.69 Å². The first-order chi connectivity index (χ1) is 17.0. The second kappa shape index (κ2) is 6.59. The summed E-state index contributed by atoms with van der Waals surface area (Å²) in [5.74, 6) is -2.87. The lowest BCUT2D eigenvalue weighted by atomic mass is 9.86. The first-order valence-electron chi connectivity index (χ1n) is 10.9. The fraction of sp³-hybridized carbons (Fsp3) is 0. The predicted octanol–water partition coefficient (Wildman–Crippen LogP) is 4.93. The minimum absolute atomic E-state index is 0.0542. The molecule has 0 fully saturated rings. The highest BCUT2D eigenvalue weighted by atomic mass is 16.5. The van der Waals surface area contributed by atoms with Crippen molar-refractivity contribution >= 4 is 61.6 Å². The van der Waals surface area contributed by atoms with Crippen LogP contribution in [0.2, 0.25) is 0 Å². The maximum absolute atomic E-state index is 13.8. The largest absolute Gasteiger partial charge is 0.285 e. The normalized spacial score (nSPS) is 15.1. The number of carbonyl (C=O) groups excluding carboxylic acids is 4. The maximum Gasteiger partial charge on any atom is 0.285 e. The molecule has 7 nitrogen and oxygen atoms in total. The molecule has 166 valence electrons. The number of benzene rings is 5. The number of hydroxylamine groups is 2. The van der Waals surface area contributed by atoms with E-state index in [-0.39, 0.29) is 38.1 Å². The second-order valence-corrected chi connectivity index (χ2v) is 8.64. The summed E-state index contributed by atoms with van der Waals surface area (Å²) in [6.45, 7) is 0. The van der Waals surface area contributed by atoms with Crippen molar-refractivity contribution in [3.8, 4) is 0 Å². The van der Waals surface area contributed by atoms with Gasteiger partial charge in [0.2, 0.25) is 0 Å². The van der Waals surface area contributed by atoms with Crippen LogP contribution in [0.5, 0.6) is 0 Å². The molecule has 0 atom stereocenters. The van der Waals surface area contributed by atoms with Crippen molar-refractivity contribution in [3.63, 3.8) is 0 Å². The van der Waals surface area contributed by atoms with E-state index in [1.165, 1.54) is 24.3 Å². The number of hydrogen-bond acceptors (Lipinski definition) is 5. The van der Waals surface area contributed by atoms with Crippen LogP contribution >= 0.6 is 0 Å². The highest BCUT2D eigenvalue weighted by Gasteiger charge is 2.40. The minimum Gasteiger partial charge on any atom is -0.278 e. The van der Waals surface area contributed by atoms with E-state index in [0.717, 1.165) is 26.4 Å². The van der Waals surface area contributed by atoms with Gasteiger partial charge in [-0.15, -0.1) is 5.06 Å². The zero-order valence-electron chi connectivity index (χ0n) is 18.0. The number of hydrogen-bond donors (Lipinski definition) is 1. The van der Waals surface area contributed by atoms with Crippen molar-refractivity contribution in [2.24, 2.45) is 0 Å². The topological polar surface area (TPSA) is 95.0 Å².